The zero-order valence-corrected chi connectivity index (χ0v) is 8.21. The van der Waals surface area contributed by atoms with Crippen LogP contribution in [-0.2, 0) is 0 Å². The van der Waals surface area contributed by atoms with Gasteiger partial charge in [-0.05, 0) is 32.9 Å². The van der Waals surface area contributed by atoms with Crippen molar-refractivity contribution in [2.24, 2.45) is 5.92 Å². The van der Waals surface area contributed by atoms with Gasteiger partial charge >= 0.3 is 0 Å². The quantitative estimate of drug-likeness (QED) is 0.598. The highest BCUT2D eigenvalue weighted by Crippen LogP contribution is 2.15. The van der Waals surface area contributed by atoms with Gasteiger partial charge in [0.25, 0.3) is 0 Å². The third-order valence-electron chi connectivity index (χ3n) is 2.50. The number of piperidine rings is 1. The molecule has 0 aliphatic carbocycles. The van der Waals surface area contributed by atoms with E-state index in [0.717, 1.165) is 38.9 Å². The van der Waals surface area contributed by atoms with E-state index in [4.69, 9.17) is 5.26 Å². The van der Waals surface area contributed by atoms with Crippen molar-refractivity contribution in [2.45, 2.75) is 26.2 Å². The molecular formula is C11H16N2. The lowest BCUT2D eigenvalue weighted by molar-refractivity contribution is 0.210. The van der Waals surface area contributed by atoms with Crippen LogP contribution in [0.4, 0.5) is 0 Å². The second kappa shape index (κ2) is 5.62. The number of hydrogen-bond acceptors (Lipinski definition) is 2. The Morgan fingerprint density at radius 3 is 2.62 bits per heavy atom. The summed E-state index contributed by atoms with van der Waals surface area (Å²) in [5.74, 6) is 6.26. The molecule has 0 bridgehead atoms. The third-order valence-corrected chi connectivity index (χ3v) is 2.50. The summed E-state index contributed by atoms with van der Waals surface area (Å²) in [6, 6.07) is 2.34. The molecule has 0 atom stereocenters. The summed E-state index contributed by atoms with van der Waals surface area (Å²) >= 11 is 0. The fourth-order valence-corrected chi connectivity index (χ4v) is 1.62. The summed E-state index contributed by atoms with van der Waals surface area (Å²) < 4.78 is 0. The van der Waals surface area contributed by atoms with Crippen molar-refractivity contribution in [1.29, 1.82) is 5.26 Å². The summed E-state index contributed by atoms with van der Waals surface area (Å²) in [4.78, 5) is 2.40. The third kappa shape index (κ3) is 3.49. The lowest BCUT2D eigenvalue weighted by Crippen LogP contribution is -2.33. The van der Waals surface area contributed by atoms with Crippen LogP contribution in [0.15, 0.2) is 0 Å². The maximum Gasteiger partial charge on any atom is 0.0656 e. The van der Waals surface area contributed by atoms with Gasteiger partial charge in [0.1, 0.15) is 0 Å². The van der Waals surface area contributed by atoms with Gasteiger partial charge in [-0.3, -0.25) is 0 Å². The van der Waals surface area contributed by atoms with Crippen molar-refractivity contribution in [2.75, 3.05) is 19.6 Å². The van der Waals surface area contributed by atoms with E-state index in [2.05, 4.69) is 22.8 Å². The summed E-state index contributed by atoms with van der Waals surface area (Å²) in [5.41, 5.74) is 0. The Morgan fingerprint density at radius 2 is 2.08 bits per heavy atom. The van der Waals surface area contributed by atoms with Crippen LogP contribution in [0, 0.1) is 29.1 Å². The van der Waals surface area contributed by atoms with Gasteiger partial charge in [-0.25, -0.2) is 0 Å². The molecule has 0 amide bonds. The Morgan fingerprint density at radius 1 is 1.38 bits per heavy atom. The van der Waals surface area contributed by atoms with Crippen LogP contribution in [0.1, 0.15) is 26.2 Å². The van der Waals surface area contributed by atoms with Crippen molar-refractivity contribution in [3.63, 3.8) is 0 Å². The van der Waals surface area contributed by atoms with Gasteiger partial charge in [0.15, 0.2) is 0 Å². The average molecular weight is 176 g/mol. The highest BCUT2D eigenvalue weighted by Gasteiger charge is 2.17. The van der Waals surface area contributed by atoms with E-state index in [1.807, 2.05) is 6.92 Å². The van der Waals surface area contributed by atoms with E-state index >= 15 is 0 Å². The molecular weight excluding hydrogens is 160 g/mol. The minimum atomic E-state index is 0.300. The number of rotatable bonds is 2. The second-order valence-corrected chi connectivity index (χ2v) is 3.42. The molecule has 0 unspecified atom stereocenters. The topological polar surface area (TPSA) is 27.0 Å². The lowest BCUT2D eigenvalue weighted by Gasteiger charge is -2.28. The smallest absolute Gasteiger partial charge is 0.0656 e. The average Bonchev–Trinajstić information content (AvgIpc) is 2.19. The zero-order chi connectivity index (χ0) is 9.52. The molecule has 13 heavy (non-hydrogen) atoms. The first-order valence-electron chi connectivity index (χ1n) is 4.88. The molecule has 2 heteroatoms. The largest absolute Gasteiger partial charge is 0.302 e. The van der Waals surface area contributed by atoms with Crippen molar-refractivity contribution in [1.82, 2.24) is 4.90 Å². The maximum absolute atomic E-state index is 8.70. The standard InChI is InChI=1S/C11H16N2/c1-2-3-4-7-13-8-5-11(10-12)6-9-13/h11H,4-9H2,1H3. The van der Waals surface area contributed by atoms with Gasteiger partial charge in [-0.2, -0.15) is 5.26 Å². The molecule has 0 aromatic rings. The van der Waals surface area contributed by atoms with Crippen LogP contribution >= 0.6 is 0 Å². The molecule has 1 aliphatic rings. The first-order valence-corrected chi connectivity index (χ1v) is 4.88. The first kappa shape index (κ1) is 10.1. The highest BCUT2D eigenvalue weighted by atomic mass is 15.1. The van der Waals surface area contributed by atoms with Crippen LogP contribution in [0.2, 0.25) is 0 Å². The van der Waals surface area contributed by atoms with Crippen molar-refractivity contribution in [3.8, 4) is 17.9 Å². The molecule has 0 spiro atoms. The molecule has 2 nitrogen and oxygen atoms in total. The fraction of sp³-hybridized carbons (Fsp3) is 0.727. The molecule has 1 saturated heterocycles. The normalized spacial score (nSPS) is 18.8. The summed E-state index contributed by atoms with van der Waals surface area (Å²) in [6.45, 7) is 5.09. The Balaban J connectivity index is 2.17. The minimum Gasteiger partial charge on any atom is -0.302 e. The van der Waals surface area contributed by atoms with Crippen LogP contribution in [0.5, 0.6) is 0 Å². The van der Waals surface area contributed by atoms with E-state index < -0.39 is 0 Å². The highest BCUT2D eigenvalue weighted by molar-refractivity contribution is 4.96. The summed E-state index contributed by atoms with van der Waals surface area (Å²) in [6.07, 6.45) is 3.04. The molecule has 0 saturated carbocycles. The van der Waals surface area contributed by atoms with Crippen molar-refractivity contribution >= 4 is 0 Å². The second-order valence-electron chi connectivity index (χ2n) is 3.42. The van der Waals surface area contributed by atoms with Gasteiger partial charge < -0.3 is 4.90 Å². The van der Waals surface area contributed by atoms with Crippen LogP contribution in [0.3, 0.4) is 0 Å². The number of nitrogens with zero attached hydrogens (tertiary/aromatic N) is 2. The van der Waals surface area contributed by atoms with Gasteiger partial charge in [0, 0.05) is 18.9 Å². The minimum absolute atomic E-state index is 0.300. The predicted octanol–water partition coefficient (Wildman–Crippen LogP) is 1.64. The number of likely N-dealkylation sites (tertiary alicyclic amines) is 1. The Labute approximate surface area is 80.5 Å². The van der Waals surface area contributed by atoms with E-state index in [1.165, 1.54) is 0 Å². The van der Waals surface area contributed by atoms with Crippen LogP contribution < -0.4 is 0 Å². The van der Waals surface area contributed by atoms with Gasteiger partial charge in [0.2, 0.25) is 0 Å². The summed E-state index contributed by atoms with van der Waals surface area (Å²) in [5, 5.41) is 8.70. The molecule has 0 aromatic carbocycles. The maximum atomic E-state index is 8.70. The predicted molar refractivity (Wildman–Crippen MR) is 52.8 cm³/mol. The Bertz CT molecular complexity index is 233. The van der Waals surface area contributed by atoms with E-state index in [0.29, 0.717) is 5.92 Å². The lowest BCUT2D eigenvalue weighted by atomic mass is 9.98. The van der Waals surface area contributed by atoms with Gasteiger partial charge in [-0.1, -0.05) is 0 Å². The van der Waals surface area contributed by atoms with Gasteiger partial charge in [-0.15, -0.1) is 11.8 Å². The van der Waals surface area contributed by atoms with E-state index in [9.17, 15) is 0 Å². The van der Waals surface area contributed by atoms with Crippen LogP contribution in [-0.4, -0.2) is 24.5 Å². The van der Waals surface area contributed by atoms with Crippen LogP contribution in [0.25, 0.3) is 0 Å². The van der Waals surface area contributed by atoms with Gasteiger partial charge in [0.05, 0.1) is 6.07 Å². The van der Waals surface area contributed by atoms with E-state index in [1.54, 1.807) is 0 Å². The molecule has 1 fully saturated rings. The molecule has 1 aliphatic heterocycles. The molecule has 0 N–H and O–H groups in total. The SMILES string of the molecule is CC#CCCN1CCC(C#N)CC1. The number of nitriles is 1. The first-order chi connectivity index (χ1) is 6.36. The molecule has 1 rings (SSSR count). The van der Waals surface area contributed by atoms with Crippen molar-refractivity contribution < 1.29 is 0 Å². The Hall–Kier alpha value is -0.990. The monoisotopic (exact) mass is 176 g/mol. The number of hydrogen-bond donors (Lipinski definition) is 0. The molecule has 1 heterocycles. The Kier molecular flexibility index (Phi) is 4.36. The molecule has 0 aromatic heterocycles. The molecule has 70 valence electrons. The zero-order valence-electron chi connectivity index (χ0n) is 8.21. The fourth-order valence-electron chi connectivity index (χ4n) is 1.62. The van der Waals surface area contributed by atoms with E-state index in [-0.39, 0.29) is 0 Å². The summed E-state index contributed by atoms with van der Waals surface area (Å²) in [7, 11) is 0. The van der Waals surface area contributed by atoms with Crippen molar-refractivity contribution in [3.05, 3.63) is 0 Å². The molecule has 0 radical (unpaired) electrons.